The minimum absolute atomic E-state index is 0.352. The molecule has 78 valence electrons. The monoisotopic (exact) mass is 268 g/mol. The van der Waals surface area contributed by atoms with Gasteiger partial charge in [0.25, 0.3) is 5.91 Å². The molecule has 3 amide bonds. The van der Waals surface area contributed by atoms with E-state index >= 15 is 0 Å². The Morgan fingerprint density at radius 1 is 1.27 bits per heavy atom. The second-order valence-corrected chi connectivity index (χ2v) is 4.18. The Morgan fingerprint density at radius 3 is 2.87 bits per heavy atom. The van der Waals surface area contributed by atoms with E-state index in [1.54, 1.807) is 12.1 Å². The highest BCUT2D eigenvalue weighted by Gasteiger charge is 2.17. The molecule has 1 aromatic carbocycles. The summed E-state index contributed by atoms with van der Waals surface area (Å²) in [6.07, 6.45) is 0.661. The van der Waals surface area contributed by atoms with Gasteiger partial charge in [0.05, 0.1) is 0 Å². The number of imide groups is 1. The molecule has 0 aromatic heterocycles. The van der Waals surface area contributed by atoms with Crippen molar-refractivity contribution in [3.8, 4) is 0 Å². The van der Waals surface area contributed by atoms with Crippen LogP contribution in [-0.2, 0) is 6.42 Å². The van der Waals surface area contributed by atoms with Crippen molar-refractivity contribution in [1.82, 2.24) is 10.6 Å². The van der Waals surface area contributed by atoms with Gasteiger partial charge in [0.15, 0.2) is 0 Å². The Balaban J connectivity index is 2.42. The largest absolute Gasteiger partial charge is 0.337 e. The zero-order chi connectivity index (χ0) is 10.8. The Hall–Kier alpha value is -1.36. The third-order valence-corrected chi connectivity index (χ3v) is 2.71. The van der Waals surface area contributed by atoms with Crippen LogP contribution in [0.3, 0.4) is 0 Å². The summed E-state index contributed by atoms with van der Waals surface area (Å²) in [7, 11) is 0. The van der Waals surface area contributed by atoms with Gasteiger partial charge in [-0.2, -0.15) is 0 Å². The number of hydrogen-bond donors (Lipinski definition) is 2. The molecule has 0 bridgehead atoms. The minimum Gasteiger partial charge on any atom is -0.337 e. The molecule has 2 N–H and O–H groups in total. The second kappa shape index (κ2) is 4.02. The summed E-state index contributed by atoms with van der Waals surface area (Å²) in [6, 6.07) is 4.96. The number of urea groups is 1. The number of hydrogen-bond acceptors (Lipinski definition) is 2. The smallest absolute Gasteiger partial charge is 0.321 e. The first-order valence-corrected chi connectivity index (χ1v) is 5.34. The Morgan fingerprint density at radius 2 is 2.07 bits per heavy atom. The summed E-state index contributed by atoms with van der Waals surface area (Å²) >= 11 is 3.35. The van der Waals surface area contributed by atoms with Crippen LogP contribution in [0.5, 0.6) is 0 Å². The average Bonchev–Trinajstić information content (AvgIpc) is 2.15. The number of halogens is 1. The van der Waals surface area contributed by atoms with Crippen LogP contribution < -0.4 is 10.6 Å². The molecule has 0 spiro atoms. The van der Waals surface area contributed by atoms with Crippen molar-refractivity contribution < 1.29 is 9.59 Å². The summed E-state index contributed by atoms with van der Waals surface area (Å²) in [6.45, 7) is 0.530. The molecular weight excluding hydrogens is 260 g/mol. The molecule has 1 aliphatic heterocycles. The van der Waals surface area contributed by atoms with Crippen LogP contribution in [0.1, 0.15) is 15.9 Å². The lowest BCUT2D eigenvalue weighted by atomic mass is 10.0. The average molecular weight is 269 g/mol. The number of benzene rings is 1. The molecule has 0 aliphatic carbocycles. The standard InChI is InChI=1S/C10H9BrN2O2/c11-7-1-2-8-6(5-7)3-4-12-10(15)13-9(8)14/h1-2,5H,3-4H2,(H2,12,13,14,15). The number of carbonyl (C=O) groups excluding carboxylic acids is 2. The van der Waals surface area contributed by atoms with Gasteiger partial charge in [-0.05, 0) is 30.2 Å². The summed E-state index contributed by atoms with van der Waals surface area (Å²) in [5.74, 6) is -0.352. The maximum atomic E-state index is 11.6. The molecule has 1 aromatic rings. The van der Waals surface area contributed by atoms with Gasteiger partial charge < -0.3 is 5.32 Å². The van der Waals surface area contributed by atoms with Gasteiger partial charge in [0, 0.05) is 16.6 Å². The van der Waals surface area contributed by atoms with E-state index in [2.05, 4.69) is 26.6 Å². The topological polar surface area (TPSA) is 58.2 Å². The fourth-order valence-electron chi connectivity index (χ4n) is 1.52. The molecular formula is C10H9BrN2O2. The zero-order valence-electron chi connectivity index (χ0n) is 7.84. The zero-order valence-corrected chi connectivity index (χ0v) is 9.43. The van der Waals surface area contributed by atoms with Crippen LogP contribution >= 0.6 is 15.9 Å². The van der Waals surface area contributed by atoms with E-state index < -0.39 is 6.03 Å². The van der Waals surface area contributed by atoms with E-state index in [4.69, 9.17) is 0 Å². The summed E-state index contributed by atoms with van der Waals surface area (Å²) in [5, 5.41) is 4.84. The van der Waals surface area contributed by atoms with E-state index in [0.717, 1.165) is 10.0 Å². The number of rotatable bonds is 0. The van der Waals surface area contributed by atoms with Crippen molar-refractivity contribution in [1.29, 1.82) is 0 Å². The van der Waals surface area contributed by atoms with Gasteiger partial charge in [-0.15, -0.1) is 0 Å². The minimum atomic E-state index is -0.437. The molecule has 0 unspecified atom stereocenters. The molecule has 0 saturated carbocycles. The fraction of sp³-hybridized carbons (Fsp3) is 0.200. The number of fused-ring (bicyclic) bond motifs is 1. The second-order valence-electron chi connectivity index (χ2n) is 3.26. The van der Waals surface area contributed by atoms with Crippen LogP contribution in [0.4, 0.5) is 4.79 Å². The van der Waals surface area contributed by atoms with Crippen LogP contribution in [0.15, 0.2) is 22.7 Å². The van der Waals surface area contributed by atoms with Crippen LogP contribution in [0, 0.1) is 0 Å². The molecule has 0 fully saturated rings. The van der Waals surface area contributed by atoms with Crippen LogP contribution in [0.25, 0.3) is 0 Å². The van der Waals surface area contributed by atoms with E-state index in [1.165, 1.54) is 0 Å². The number of carbonyl (C=O) groups is 2. The normalized spacial score (nSPS) is 15.8. The van der Waals surface area contributed by atoms with Crippen molar-refractivity contribution in [3.63, 3.8) is 0 Å². The van der Waals surface area contributed by atoms with Crippen molar-refractivity contribution in [3.05, 3.63) is 33.8 Å². The molecule has 4 nitrogen and oxygen atoms in total. The van der Waals surface area contributed by atoms with E-state index in [-0.39, 0.29) is 5.91 Å². The third-order valence-electron chi connectivity index (χ3n) is 2.22. The Labute approximate surface area is 95.2 Å². The molecule has 0 saturated heterocycles. The van der Waals surface area contributed by atoms with Gasteiger partial charge in [0.1, 0.15) is 0 Å². The van der Waals surface area contributed by atoms with Crippen molar-refractivity contribution in [2.75, 3.05) is 6.54 Å². The highest BCUT2D eigenvalue weighted by molar-refractivity contribution is 9.10. The molecule has 15 heavy (non-hydrogen) atoms. The molecule has 2 rings (SSSR count). The predicted molar refractivity (Wildman–Crippen MR) is 58.7 cm³/mol. The highest BCUT2D eigenvalue weighted by atomic mass is 79.9. The molecule has 1 heterocycles. The molecule has 1 aliphatic rings. The van der Waals surface area contributed by atoms with Crippen molar-refractivity contribution in [2.24, 2.45) is 0 Å². The first-order chi connectivity index (χ1) is 7.16. The van der Waals surface area contributed by atoms with E-state index in [1.807, 2.05) is 6.07 Å². The third kappa shape index (κ3) is 2.18. The van der Waals surface area contributed by atoms with Crippen LogP contribution in [-0.4, -0.2) is 18.5 Å². The fourth-order valence-corrected chi connectivity index (χ4v) is 1.92. The SMILES string of the molecule is O=C1NCCc2cc(Br)ccc2C(=O)N1. The van der Waals surface area contributed by atoms with Gasteiger partial charge >= 0.3 is 6.03 Å². The number of nitrogens with one attached hydrogen (secondary N) is 2. The summed E-state index contributed by atoms with van der Waals surface area (Å²) in [5.41, 5.74) is 1.50. The maximum Gasteiger partial charge on any atom is 0.321 e. The van der Waals surface area contributed by atoms with E-state index in [9.17, 15) is 9.59 Å². The molecule has 5 heteroatoms. The van der Waals surface area contributed by atoms with Gasteiger partial charge in [-0.3, -0.25) is 10.1 Å². The van der Waals surface area contributed by atoms with Gasteiger partial charge in [-0.25, -0.2) is 4.79 Å². The quantitative estimate of drug-likeness (QED) is 0.748. The highest BCUT2D eigenvalue weighted by Crippen LogP contribution is 2.17. The van der Waals surface area contributed by atoms with E-state index in [0.29, 0.717) is 18.5 Å². The molecule has 0 radical (unpaired) electrons. The predicted octanol–water partition coefficient (Wildman–Crippen LogP) is 1.44. The lowest BCUT2D eigenvalue weighted by molar-refractivity contribution is 0.0961. The summed E-state index contributed by atoms with van der Waals surface area (Å²) in [4.78, 5) is 22.7. The maximum absolute atomic E-state index is 11.6. The summed E-state index contributed by atoms with van der Waals surface area (Å²) < 4.78 is 0.931. The van der Waals surface area contributed by atoms with Gasteiger partial charge in [0.2, 0.25) is 0 Å². The first-order valence-electron chi connectivity index (χ1n) is 4.54. The number of amides is 3. The lowest BCUT2D eigenvalue weighted by Crippen LogP contribution is -2.42. The van der Waals surface area contributed by atoms with Gasteiger partial charge in [-0.1, -0.05) is 15.9 Å². The first kappa shape index (κ1) is 10.2. The van der Waals surface area contributed by atoms with Crippen LogP contribution in [0.2, 0.25) is 0 Å². The lowest BCUT2D eigenvalue weighted by Gasteiger charge is -2.14. The van der Waals surface area contributed by atoms with Crippen molar-refractivity contribution >= 4 is 27.9 Å². The van der Waals surface area contributed by atoms with Crippen molar-refractivity contribution in [2.45, 2.75) is 6.42 Å². The Kier molecular flexibility index (Phi) is 2.73. The molecule has 0 atom stereocenters. The Bertz CT molecular complexity index is 431.